The van der Waals surface area contributed by atoms with E-state index in [2.05, 4.69) is 22.4 Å². The summed E-state index contributed by atoms with van der Waals surface area (Å²) in [4.78, 5) is 21.0. The Labute approximate surface area is 187 Å². The third-order valence-corrected chi connectivity index (χ3v) is 8.18. The van der Waals surface area contributed by atoms with Crippen molar-refractivity contribution < 1.29 is 0 Å². The first-order valence-electron chi connectivity index (χ1n) is 10.7. The molecular weight excluding hydrogens is 428 g/mol. The lowest BCUT2D eigenvalue weighted by Crippen LogP contribution is -2.22. The van der Waals surface area contributed by atoms with Crippen molar-refractivity contribution in [3.8, 4) is 5.69 Å². The molecule has 0 N–H and O–H groups in total. The smallest absolute Gasteiger partial charge is 0.267 e. The van der Waals surface area contributed by atoms with Crippen LogP contribution in [0, 0.1) is 5.92 Å². The fraction of sp³-hybridized carbons (Fsp3) is 0.409. The highest BCUT2D eigenvalue weighted by Crippen LogP contribution is 2.38. The zero-order valence-corrected chi connectivity index (χ0v) is 18.8. The number of thiophene rings is 1. The van der Waals surface area contributed by atoms with Crippen LogP contribution >= 0.6 is 23.1 Å². The van der Waals surface area contributed by atoms with Gasteiger partial charge in [0.15, 0.2) is 11.0 Å². The summed E-state index contributed by atoms with van der Waals surface area (Å²) in [6.07, 6.45) is 5.39. The second-order valence-corrected chi connectivity index (χ2v) is 10.5. The van der Waals surface area contributed by atoms with Gasteiger partial charge in [-0.05, 0) is 66.1 Å². The van der Waals surface area contributed by atoms with Gasteiger partial charge in [-0.2, -0.15) is 0 Å². The molecule has 3 heterocycles. The lowest BCUT2D eigenvalue weighted by molar-refractivity contribution is 0.509. The van der Waals surface area contributed by atoms with E-state index in [1.165, 1.54) is 22.2 Å². The average Bonchev–Trinajstić information content (AvgIpc) is 3.39. The van der Waals surface area contributed by atoms with Crippen molar-refractivity contribution in [3.05, 3.63) is 57.0 Å². The molecule has 158 valence electrons. The van der Waals surface area contributed by atoms with Crippen LogP contribution in [0.1, 0.15) is 48.5 Å². The predicted molar refractivity (Wildman–Crippen MR) is 122 cm³/mol. The minimum Gasteiger partial charge on any atom is -0.268 e. The molecule has 1 aromatic carbocycles. The Balaban J connectivity index is 1.47. The highest BCUT2D eigenvalue weighted by atomic mass is 32.2. The Morgan fingerprint density at radius 3 is 2.84 bits per heavy atom. The van der Waals surface area contributed by atoms with Crippen molar-refractivity contribution in [2.75, 3.05) is 0 Å². The molecule has 1 saturated carbocycles. The fourth-order valence-electron chi connectivity index (χ4n) is 4.31. The molecule has 2 aliphatic rings. The Morgan fingerprint density at radius 1 is 1.19 bits per heavy atom. The van der Waals surface area contributed by atoms with Gasteiger partial charge in [0, 0.05) is 4.88 Å². The van der Waals surface area contributed by atoms with Crippen LogP contribution in [0.2, 0.25) is 0 Å². The molecule has 1 atom stereocenters. The summed E-state index contributed by atoms with van der Waals surface area (Å²) in [5, 5.41) is 13.7. The van der Waals surface area contributed by atoms with Crippen LogP contribution in [0.5, 0.6) is 0 Å². The monoisotopic (exact) mass is 450 g/mol. The zero-order valence-electron chi connectivity index (χ0n) is 17.2. The molecule has 9 heteroatoms. The van der Waals surface area contributed by atoms with Crippen molar-refractivity contribution in [1.82, 2.24) is 29.8 Å². The SMILES string of the molecule is CC1CCc2c(sc3nc(SCc4nnnn4C4CC4)n(-c4ccccc4)c(=O)c23)C1. The van der Waals surface area contributed by atoms with Gasteiger partial charge in [-0.3, -0.25) is 9.36 Å². The standard InChI is InChI=1S/C22H22N6OS2/c1-13-7-10-16-17(11-13)31-20-19(16)21(29)27(14-5-3-2-4-6-14)22(23-20)30-12-18-24-25-26-28(18)15-8-9-15/h2-6,13,15H,7-12H2,1H3. The molecule has 4 aromatic rings. The first-order chi connectivity index (χ1) is 15.2. The Kier molecular flexibility index (Phi) is 4.68. The van der Waals surface area contributed by atoms with Crippen LogP contribution in [-0.4, -0.2) is 29.8 Å². The van der Waals surface area contributed by atoms with Crippen LogP contribution in [0.4, 0.5) is 0 Å². The van der Waals surface area contributed by atoms with Gasteiger partial charge in [0.05, 0.1) is 22.9 Å². The normalized spacial score (nSPS) is 18.4. The molecule has 0 spiro atoms. The number of benzene rings is 1. The van der Waals surface area contributed by atoms with E-state index in [0.29, 0.717) is 22.9 Å². The molecule has 0 saturated heterocycles. The quantitative estimate of drug-likeness (QED) is 0.335. The predicted octanol–water partition coefficient (Wildman–Crippen LogP) is 4.19. The van der Waals surface area contributed by atoms with Crippen LogP contribution in [0.25, 0.3) is 15.9 Å². The summed E-state index contributed by atoms with van der Waals surface area (Å²) in [7, 11) is 0. The molecule has 6 rings (SSSR count). The van der Waals surface area contributed by atoms with Gasteiger partial charge in [0.2, 0.25) is 0 Å². The number of aryl methyl sites for hydroxylation is 1. The Bertz CT molecular complexity index is 1320. The summed E-state index contributed by atoms with van der Waals surface area (Å²) in [5.41, 5.74) is 2.09. The number of tetrazole rings is 1. The number of nitrogens with zero attached hydrogens (tertiary/aromatic N) is 6. The first kappa shape index (κ1) is 19.2. The summed E-state index contributed by atoms with van der Waals surface area (Å²) < 4.78 is 3.69. The van der Waals surface area contributed by atoms with Crippen molar-refractivity contribution in [1.29, 1.82) is 0 Å². The number of hydrogen-bond acceptors (Lipinski definition) is 7. The Hall–Kier alpha value is -2.52. The number of rotatable bonds is 5. The summed E-state index contributed by atoms with van der Waals surface area (Å²) >= 11 is 3.22. The largest absolute Gasteiger partial charge is 0.268 e. The van der Waals surface area contributed by atoms with E-state index < -0.39 is 0 Å². The van der Waals surface area contributed by atoms with Crippen LogP contribution in [0.15, 0.2) is 40.3 Å². The van der Waals surface area contributed by atoms with Crippen LogP contribution in [0.3, 0.4) is 0 Å². The minimum atomic E-state index is 0.0348. The molecule has 1 unspecified atom stereocenters. The number of para-hydroxylation sites is 1. The average molecular weight is 451 g/mol. The minimum absolute atomic E-state index is 0.0348. The van der Waals surface area contributed by atoms with Gasteiger partial charge in [0.1, 0.15) is 4.83 Å². The molecular formula is C22H22N6OS2. The molecule has 2 aliphatic carbocycles. The van der Waals surface area contributed by atoms with E-state index in [0.717, 1.165) is 53.8 Å². The van der Waals surface area contributed by atoms with Gasteiger partial charge in [0.25, 0.3) is 5.56 Å². The van der Waals surface area contributed by atoms with Gasteiger partial charge in [-0.15, -0.1) is 16.4 Å². The number of hydrogen-bond donors (Lipinski definition) is 0. The third-order valence-electron chi connectivity index (χ3n) is 6.10. The van der Waals surface area contributed by atoms with Crippen molar-refractivity contribution >= 4 is 33.3 Å². The lowest BCUT2D eigenvalue weighted by atomic mass is 9.89. The van der Waals surface area contributed by atoms with Crippen molar-refractivity contribution in [3.63, 3.8) is 0 Å². The number of aromatic nitrogens is 6. The van der Waals surface area contributed by atoms with Gasteiger partial charge in [-0.25, -0.2) is 9.67 Å². The highest BCUT2D eigenvalue weighted by Gasteiger charge is 2.28. The van der Waals surface area contributed by atoms with Crippen molar-refractivity contribution in [2.45, 2.75) is 56.0 Å². The zero-order chi connectivity index (χ0) is 20.9. The van der Waals surface area contributed by atoms with Crippen molar-refractivity contribution in [2.24, 2.45) is 5.92 Å². The number of fused-ring (bicyclic) bond motifs is 3. The van der Waals surface area contributed by atoms with E-state index >= 15 is 0 Å². The summed E-state index contributed by atoms with van der Waals surface area (Å²) in [6.45, 7) is 2.29. The van der Waals surface area contributed by atoms with E-state index in [1.54, 1.807) is 15.9 Å². The number of thioether (sulfide) groups is 1. The second-order valence-electron chi connectivity index (χ2n) is 8.46. The van der Waals surface area contributed by atoms with Crippen LogP contribution < -0.4 is 5.56 Å². The van der Waals surface area contributed by atoms with E-state index in [4.69, 9.17) is 4.98 Å². The topological polar surface area (TPSA) is 78.5 Å². The molecule has 0 amide bonds. The van der Waals surface area contributed by atoms with Gasteiger partial charge < -0.3 is 0 Å². The maximum Gasteiger partial charge on any atom is 0.267 e. The maximum absolute atomic E-state index is 13.8. The second kappa shape index (κ2) is 7.56. The van der Waals surface area contributed by atoms with E-state index in [-0.39, 0.29) is 5.56 Å². The molecule has 7 nitrogen and oxygen atoms in total. The maximum atomic E-state index is 13.8. The molecule has 1 fully saturated rings. The molecule has 0 radical (unpaired) electrons. The van der Waals surface area contributed by atoms with E-state index in [1.807, 2.05) is 35.0 Å². The lowest BCUT2D eigenvalue weighted by Gasteiger charge is -2.17. The van der Waals surface area contributed by atoms with Crippen LogP contribution in [-0.2, 0) is 18.6 Å². The Morgan fingerprint density at radius 2 is 2.03 bits per heavy atom. The fourth-order valence-corrected chi connectivity index (χ4v) is 6.66. The summed E-state index contributed by atoms with van der Waals surface area (Å²) in [6, 6.07) is 10.2. The molecule has 0 aliphatic heterocycles. The third kappa shape index (κ3) is 3.40. The highest BCUT2D eigenvalue weighted by molar-refractivity contribution is 7.98. The molecule has 0 bridgehead atoms. The van der Waals surface area contributed by atoms with Gasteiger partial charge >= 0.3 is 0 Å². The summed E-state index contributed by atoms with van der Waals surface area (Å²) in [5.74, 6) is 2.07. The molecule has 31 heavy (non-hydrogen) atoms. The molecule has 3 aromatic heterocycles. The van der Waals surface area contributed by atoms with E-state index in [9.17, 15) is 4.79 Å². The van der Waals surface area contributed by atoms with Gasteiger partial charge in [-0.1, -0.05) is 36.9 Å². The first-order valence-corrected chi connectivity index (χ1v) is 12.5.